The Bertz CT molecular complexity index is 464. The van der Waals surface area contributed by atoms with Gasteiger partial charge in [0.2, 0.25) is 11.6 Å². The maximum absolute atomic E-state index is 10.7. The van der Waals surface area contributed by atoms with Gasteiger partial charge in [0.05, 0.1) is 0 Å². The Morgan fingerprint density at radius 1 is 1.13 bits per heavy atom. The van der Waals surface area contributed by atoms with Crippen molar-refractivity contribution in [3.63, 3.8) is 0 Å². The molecule has 2 spiro atoms. The number of carbonyl (C=O) groups excluding carboxylic acids is 1. The number of ether oxygens (including phenoxy) is 2. The maximum Gasteiger partial charge on any atom is 0.293 e. The van der Waals surface area contributed by atoms with Gasteiger partial charge in [-0.1, -0.05) is 13.8 Å². The van der Waals surface area contributed by atoms with Crippen molar-refractivity contribution in [1.82, 2.24) is 0 Å². The molecule has 3 aliphatic carbocycles. The Kier molecular flexibility index (Phi) is 3.94. The van der Waals surface area contributed by atoms with Crippen molar-refractivity contribution >= 4 is 6.47 Å². The minimum Gasteiger partial charge on any atom is -0.464 e. The van der Waals surface area contributed by atoms with E-state index in [2.05, 4.69) is 13.8 Å². The summed E-state index contributed by atoms with van der Waals surface area (Å²) in [4.78, 5) is 22.5. The monoisotopic (exact) mass is 324 g/mol. The summed E-state index contributed by atoms with van der Waals surface area (Å²) >= 11 is 0. The fourth-order valence-corrected chi connectivity index (χ4v) is 5.65. The second-order valence-electron chi connectivity index (χ2n) is 8.36. The maximum atomic E-state index is 10.7. The van der Waals surface area contributed by atoms with Crippen molar-refractivity contribution in [1.29, 1.82) is 0 Å². The van der Waals surface area contributed by atoms with E-state index in [1.165, 1.54) is 12.8 Å². The predicted octanol–water partition coefficient (Wildman–Crippen LogP) is 3.57. The Hall–Kier alpha value is -0.650. The molecule has 2 bridgehead atoms. The summed E-state index contributed by atoms with van der Waals surface area (Å²) in [7, 11) is 0. The van der Waals surface area contributed by atoms with E-state index in [0.29, 0.717) is 24.7 Å². The molecule has 0 aromatic heterocycles. The van der Waals surface area contributed by atoms with Crippen molar-refractivity contribution in [3.05, 3.63) is 0 Å². The normalized spacial score (nSPS) is 52.7. The third-order valence-corrected chi connectivity index (χ3v) is 6.52. The molecule has 7 atom stereocenters. The average molecular weight is 324 g/mol. The number of fused-ring (bicyclic) bond motifs is 3. The lowest BCUT2D eigenvalue weighted by Gasteiger charge is -2.50. The largest absolute Gasteiger partial charge is 0.464 e. The molecular formula is C18H28O5. The summed E-state index contributed by atoms with van der Waals surface area (Å²) in [5.74, 6) is 0.939. The first-order chi connectivity index (χ1) is 11.1. The zero-order valence-corrected chi connectivity index (χ0v) is 14.2. The summed E-state index contributed by atoms with van der Waals surface area (Å²) in [6, 6.07) is 0. The van der Waals surface area contributed by atoms with Gasteiger partial charge in [-0.25, -0.2) is 0 Å². The fourth-order valence-electron chi connectivity index (χ4n) is 5.65. The molecule has 130 valence electrons. The SMILES string of the molecule is CC1CC2CC(C)C3(OOC4(CCCC(OC=O)C4)O3)C(C1)C2. The lowest BCUT2D eigenvalue weighted by atomic mass is 9.62. The van der Waals surface area contributed by atoms with Gasteiger partial charge in [-0.15, -0.1) is 0 Å². The van der Waals surface area contributed by atoms with E-state index >= 15 is 0 Å². The third kappa shape index (κ3) is 2.61. The van der Waals surface area contributed by atoms with Gasteiger partial charge >= 0.3 is 0 Å². The second kappa shape index (κ2) is 5.71. The molecule has 1 saturated heterocycles. The van der Waals surface area contributed by atoms with Crippen LogP contribution in [-0.4, -0.2) is 24.2 Å². The molecular weight excluding hydrogens is 296 g/mol. The van der Waals surface area contributed by atoms with E-state index in [-0.39, 0.29) is 6.10 Å². The third-order valence-electron chi connectivity index (χ3n) is 6.52. The van der Waals surface area contributed by atoms with E-state index < -0.39 is 11.6 Å². The fraction of sp³-hybridized carbons (Fsp3) is 0.944. The van der Waals surface area contributed by atoms with Gasteiger partial charge < -0.3 is 9.47 Å². The number of carbonyl (C=O) groups is 1. The van der Waals surface area contributed by atoms with Crippen LogP contribution in [0.25, 0.3) is 0 Å². The van der Waals surface area contributed by atoms with E-state index in [0.717, 1.165) is 43.9 Å². The van der Waals surface area contributed by atoms with Crippen LogP contribution < -0.4 is 0 Å². The van der Waals surface area contributed by atoms with Crippen LogP contribution >= 0.6 is 0 Å². The van der Waals surface area contributed by atoms with Gasteiger partial charge in [0.15, 0.2) is 0 Å². The van der Waals surface area contributed by atoms with Crippen LogP contribution in [0.3, 0.4) is 0 Å². The van der Waals surface area contributed by atoms with Crippen LogP contribution in [0.15, 0.2) is 0 Å². The number of hydrogen-bond donors (Lipinski definition) is 0. The van der Waals surface area contributed by atoms with Crippen molar-refractivity contribution < 1.29 is 24.0 Å². The highest BCUT2D eigenvalue weighted by atomic mass is 17.3. The molecule has 0 aromatic carbocycles. The van der Waals surface area contributed by atoms with Gasteiger partial charge in [0, 0.05) is 24.7 Å². The van der Waals surface area contributed by atoms with Gasteiger partial charge in [0.25, 0.3) is 6.47 Å². The molecule has 0 radical (unpaired) electrons. The van der Waals surface area contributed by atoms with Crippen molar-refractivity contribution in [2.45, 2.75) is 82.9 Å². The molecule has 5 heteroatoms. The van der Waals surface area contributed by atoms with Crippen molar-refractivity contribution in [3.8, 4) is 0 Å². The Morgan fingerprint density at radius 3 is 2.83 bits per heavy atom. The van der Waals surface area contributed by atoms with Crippen molar-refractivity contribution in [2.24, 2.45) is 23.7 Å². The minimum absolute atomic E-state index is 0.128. The van der Waals surface area contributed by atoms with E-state index in [4.69, 9.17) is 19.2 Å². The molecule has 7 unspecified atom stereocenters. The first-order valence-corrected chi connectivity index (χ1v) is 9.21. The smallest absolute Gasteiger partial charge is 0.293 e. The van der Waals surface area contributed by atoms with Gasteiger partial charge in [-0.05, 0) is 50.4 Å². The molecule has 3 saturated carbocycles. The summed E-state index contributed by atoms with van der Waals surface area (Å²) in [5.41, 5.74) is 0. The van der Waals surface area contributed by atoms with Gasteiger partial charge in [-0.3, -0.25) is 4.79 Å². The molecule has 5 nitrogen and oxygen atoms in total. The zero-order chi connectivity index (χ0) is 16.1. The molecule has 4 fully saturated rings. The number of hydrogen-bond acceptors (Lipinski definition) is 5. The Balaban J connectivity index is 1.54. The minimum atomic E-state index is -0.728. The standard InChI is InChI=1S/C18H28O5/c1-12-6-14-8-13(2)18(15(7-12)9-14)21-17(22-23-18)5-3-4-16(10-17)20-11-19/h11-16H,3-10H2,1-2H3. The van der Waals surface area contributed by atoms with Crippen LogP contribution in [0.2, 0.25) is 0 Å². The van der Waals surface area contributed by atoms with E-state index in [1.54, 1.807) is 0 Å². The summed E-state index contributed by atoms with van der Waals surface area (Å²) in [6.45, 7) is 5.11. The molecule has 1 heterocycles. The van der Waals surface area contributed by atoms with Gasteiger partial charge in [0.1, 0.15) is 6.10 Å². The topological polar surface area (TPSA) is 54.0 Å². The molecule has 0 aromatic rings. The van der Waals surface area contributed by atoms with Crippen LogP contribution in [0.1, 0.15) is 65.2 Å². The van der Waals surface area contributed by atoms with Crippen LogP contribution in [-0.2, 0) is 24.0 Å². The molecule has 4 rings (SSSR count). The van der Waals surface area contributed by atoms with E-state index in [9.17, 15) is 4.79 Å². The van der Waals surface area contributed by atoms with Crippen LogP contribution in [0.4, 0.5) is 0 Å². The molecule has 4 aliphatic rings. The summed E-state index contributed by atoms with van der Waals surface area (Å²) in [5, 5.41) is 0. The highest BCUT2D eigenvalue weighted by Gasteiger charge is 2.63. The van der Waals surface area contributed by atoms with Crippen molar-refractivity contribution in [2.75, 3.05) is 0 Å². The van der Waals surface area contributed by atoms with Crippen LogP contribution in [0.5, 0.6) is 0 Å². The molecule has 1 aliphatic heterocycles. The first kappa shape index (κ1) is 15.9. The quantitative estimate of drug-likeness (QED) is 0.574. The van der Waals surface area contributed by atoms with Crippen LogP contribution in [0, 0.1) is 23.7 Å². The Morgan fingerprint density at radius 2 is 2.00 bits per heavy atom. The summed E-state index contributed by atoms with van der Waals surface area (Å²) < 4.78 is 11.8. The Labute approximate surface area is 137 Å². The molecule has 0 amide bonds. The average Bonchev–Trinajstić information content (AvgIpc) is 2.86. The summed E-state index contributed by atoms with van der Waals surface area (Å²) in [6.07, 6.45) is 7.87. The predicted molar refractivity (Wildman–Crippen MR) is 81.9 cm³/mol. The number of rotatable bonds is 2. The lowest BCUT2D eigenvalue weighted by molar-refractivity contribution is -0.381. The lowest BCUT2D eigenvalue weighted by Crippen LogP contribution is -2.54. The van der Waals surface area contributed by atoms with Gasteiger partial charge in [-0.2, -0.15) is 9.78 Å². The van der Waals surface area contributed by atoms with E-state index in [1.807, 2.05) is 0 Å². The highest BCUT2D eigenvalue weighted by molar-refractivity contribution is 5.37. The molecule has 23 heavy (non-hydrogen) atoms. The second-order valence-corrected chi connectivity index (χ2v) is 8.36. The highest BCUT2D eigenvalue weighted by Crippen LogP contribution is 2.58. The molecule has 0 N–H and O–H groups in total. The first-order valence-electron chi connectivity index (χ1n) is 9.21. The zero-order valence-electron chi connectivity index (χ0n) is 14.2.